The van der Waals surface area contributed by atoms with Crippen molar-refractivity contribution < 1.29 is 5.21 Å². The highest BCUT2D eigenvalue weighted by Gasteiger charge is 2.03. The summed E-state index contributed by atoms with van der Waals surface area (Å²) < 4.78 is 0.274. The molecule has 0 amide bonds. The fraction of sp³-hybridized carbons (Fsp3) is 0. The number of rotatable bonds is 1. The quantitative estimate of drug-likeness (QED) is 0.480. The van der Waals surface area contributed by atoms with E-state index in [0.717, 1.165) is 11.0 Å². The average molecular weight is 252 g/mol. The molecule has 0 saturated heterocycles. The summed E-state index contributed by atoms with van der Waals surface area (Å²) in [6, 6.07) is 7.50. The summed E-state index contributed by atoms with van der Waals surface area (Å²) in [7, 11) is 0. The molecule has 0 bridgehead atoms. The summed E-state index contributed by atoms with van der Waals surface area (Å²) in [4.78, 5) is 8.41. The molecule has 0 aliphatic heterocycles. The second-order valence-electron chi connectivity index (χ2n) is 2.63. The van der Waals surface area contributed by atoms with Gasteiger partial charge < -0.3 is 5.21 Å². The van der Waals surface area contributed by atoms with Crippen molar-refractivity contribution in [3.8, 4) is 0 Å². The summed E-state index contributed by atoms with van der Waals surface area (Å²) in [5, 5.41) is 11.5. The van der Waals surface area contributed by atoms with E-state index in [0.29, 0.717) is 5.69 Å². The predicted molar refractivity (Wildman–Crippen MR) is 56.8 cm³/mol. The highest BCUT2D eigenvalue weighted by Crippen LogP contribution is 2.10. The van der Waals surface area contributed by atoms with Gasteiger partial charge in [0, 0.05) is 0 Å². The smallest absolute Gasteiger partial charge is 0.172 e. The van der Waals surface area contributed by atoms with Crippen LogP contribution in [0.3, 0.4) is 0 Å². The summed E-state index contributed by atoms with van der Waals surface area (Å²) in [6.07, 6.45) is 1.55. The molecule has 1 heterocycles. The number of hydrogen-bond acceptors (Lipinski definition) is 4. The van der Waals surface area contributed by atoms with E-state index in [1.807, 2.05) is 24.3 Å². The maximum Gasteiger partial charge on any atom is 0.172 e. The summed E-state index contributed by atoms with van der Waals surface area (Å²) in [5.41, 5.74) is 2.09. The van der Waals surface area contributed by atoms with Crippen molar-refractivity contribution in [2.45, 2.75) is 0 Å². The summed E-state index contributed by atoms with van der Waals surface area (Å²) in [5.74, 6) is 0. The molecule has 1 aromatic carbocycles. The lowest BCUT2D eigenvalue weighted by molar-refractivity contribution is 0.321. The minimum Gasteiger partial charge on any atom is -0.410 e. The Bertz CT molecular complexity index is 498. The first-order chi connectivity index (χ1) is 6.81. The third-order valence-corrected chi connectivity index (χ3v) is 2.31. The molecule has 14 heavy (non-hydrogen) atoms. The number of benzene rings is 1. The van der Waals surface area contributed by atoms with Crippen molar-refractivity contribution in [2.24, 2.45) is 5.16 Å². The van der Waals surface area contributed by atoms with Crippen LogP contribution in [0.5, 0.6) is 0 Å². The standard InChI is InChI=1S/C9H6BrN3O/c10-9(13-14)8-5-11-6-3-1-2-4-7(6)12-8/h1-5,14H/b13-9-. The van der Waals surface area contributed by atoms with Crippen molar-refractivity contribution in [3.05, 3.63) is 36.2 Å². The molecule has 0 fully saturated rings. The Kier molecular flexibility index (Phi) is 2.41. The highest BCUT2D eigenvalue weighted by atomic mass is 79.9. The minimum absolute atomic E-state index is 0.274. The van der Waals surface area contributed by atoms with Crippen LogP contribution in [-0.2, 0) is 0 Å². The Morgan fingerprint density at radius 2 is 2.00 bits per heavy atom. The Balaban J connectivity index is 2.62. The van der Waals surface area contributed by atoms with E-state index in [1.165, 1.54) is 0 Å². The molecule has 4 nitrogen and oxygen atoms in total. The third kappa shape index (κ3) is 1.58. The zero-order chi connectivity index (χ0) is 9.97. The van der Waals surface area contributed by atoms with Gasteiger partial charge in [-0.15, -0.1) is 0 Å². The number of nitrogens with zero attached hydrogens (tertiary/aromatic N) is 3. The maximum absolute atomic E-state index is 8.53. The monoisotopic (exact) mass is 251 g/mol. The third-order valence-electron chi connectivity index (χ3n) is 1.75. The second kappa shape index (κ2) is 3.71. The molecule has 1 aromatic heterocycles. The molecule has 0 saturated carbocycles. The van der Waals surface area contributed by atoms with Gasteiger partial charge in [0.1, 0.15) is 5.69 Å². The van der Waals surface area contributed by atoms with E-state index in [-0.39, 0.29) is 4.62 Å². The van der Waals surface area contributed by atoms with Crippen molar-refractivity contribution in [2.75, 3.05) is 0 Å². The molecule has 0 spiro atoms. The van der Waals surface area contributed by atoms with E-state index in [4.69, 9.17) is 5.21 Å². The van der Waals surface area contributed by atoms with Crippen LogP contribution < -0.4 is 0 Å². The molecular weight excluding hydrogens is 246 g/mol. The summed E-state index contributed by atoms with van der Waals surface area (Å²) in [6.45, 7) is 0. The van der Waals surface area contributed by atoms with Gasteiger partial charge in [-0.05, 0) is 28.1 Å². The lowest BCUT2D eigenvalue weighted by atomic mass is 10.3. The van der Waals surface area contributed by atoms with Crippen LogP contribution in [-0.4, -0.2) is 19.8 Å². The second-order valence-corrected chi connectivity index (χ2v) is 3.39. The molecule has 1 N–H and O–H groups in total. The first-order valence-corrected chi connectivity index (χ1v) is 4.70. The van der Waals surface area contributed by atoms with Gasteiger partial charge in [0.15, 0.2) is 4.62 Å². The molecule has 0 aliphatic rings. The van der Waals surface area contributed by atoms with Crippen molar-refractivity contribution >= 4 is 31.6 Å². The SMILES string of the molecule is O/N=C(\Br)c1cnc2ccccc2n1. The van der Waals surface area contributed by atoms with E-state index in [2.05, 4.69) is 31.1 Å². The number of fused-ring (bicyclic) bond motifs is 1. The van der Waals surface area contributed by atoms with Crippen molar-refractivity contribution in [3.63, 3.8) is 0 Å². The molecule has 0 atom stereocenters. The van der Waals surface area contributed by atoms with Gasteiger partial charge in [-0.1, -0.05) is 17.3 Å². The van der Waals surface area contributed by atoms with E-state index in [1.54, 1.807) is 6.20 Å². The fourth-order valence-corrected chi connectivity index (χ4v) is 1.30. The zero-order valence-corrected chi connectivity index (χ0v) is 8.64. The lowest BCUT2D eigenvalue weighted by Crippen LogP contribution is -1.96. The average Bonchev–Trinajstić information content (AvgIpc) is 2.27. The topological polar surface area (TPSA) is 58.4 Å². The van der Waals surface area contributed by atoms with Crippen molar-refractivity contribution in [1.82, 2.24) is 9.97 Å². The number of para-hydroxylation sites is 2. The Morgan fingerprint density at radius 1 is 1.29 bits per heavy atom. The van der Waals surface area contributed by atoms with Gasteiger partial charge >= 0.3 is 0 Å². The van der Waals surface area contributed by atoms with Crippen molar-refractivity contribution in [1.29, 1.82) is 0 Å². The molecule has 2 rings (SSSR count). The molecule has 2 aromatic rings. The van der Waals surface area contributed by atoms with Crippen LogP contribution in [0.1, 0.15) is 5.69 Å². The molecule has 0 radical (unpaired) electrons. The molecule has 5 heteroatoms. The van der Waals surface area contributed by atoms with Crippen LogP contribution >= 0.6 is 15.9 Å². The van der Waals surface area contributed by atoms with Crippen LogP contribution in [0.15, 0.2) is 35.6 Å². The van der Waals surface area contributed by atoms with Crippen LogP contribution in [0.2, 0.25) is 0 Å². The van der Waals surface area contributed by atoms with Gasteiger partial charge in [-0.3, -0.25) is 4.98 Å². The van der Waals surface area contributed by atoms with Crippen LogP contribution in [0.25, 0.3) is 11.0 Å². The van der Waals surface area contributed by atoms with Gasteiger partial charge in [0.2, 0.25) is 0 Å². The summed E-state index contributed by atoms with van der Waals surface area (Å²) >= 11 is 3.07. The number of hydrogen-bond donors (Lipinski definition) is 1. The normalized spacial score (nSPS) is 11.9. The molecule has 0 aliphatic carbocycles. The minimum atomic E-state index is 0.274. The Morgan fingerprint density at radius 3 is 2.71 bits per heavy atom. The number of oxime groups is 1. The maximum atomic E-state index is 8.53. The van der Waals surface area contributed by atoms with Gasteiger partial charge in [-0.25, -0.2) is 4.98 Å². The fourth-order valence-electron chi connectivity index (χ4n) is 1.11. The molecular formula is C9H6BrN3O. The van der Waals surface area contributed by atoms with Crippen LogP contribution in [0, 0.1) is 0 Å². The van der Waals surface area contributed by atoms with E-state index in [9.17, 15) is 0 Å². The van der Waals surface area contributed by atoms with Gasteiger partial charge in [0.25, 0.3) is 0 Å². The number of aromatic nitrogens is 2. The highest BCUT2D eigenvalue weighted by molar-refractivity contribution is 9.18. The van der Waals surface area contributed by atoms with Gasteiger partial charge in [-0.2, -0.15) is 0 Å². The first-order valence-electron chi connectivity index (χ1n) is 3.91. The first kappa shape index (κ1) is 9.08. The number of halogens is 1. The molecule has 0 unspecified atom stereocenters. The van der Waals surface area contributed by atoms with Gasteiger partial charge in [0.05, 0.1) is 17.2 Å². The largest absolute Gasteiger partial charge is 0.410 e. The van der Waals surface area contributed by atoms with E-state index >= 15 is 0 Å². The lowest BCUT2D eigenvalue weighted by Gasteiger charge is -1.98. The zero-order valence-electron chi connectivity index (χ0n) is 7.05. The van der Waals surface area contributed by atoms with E-state index < -0.39 is 0 Å². The Labute approximate surface area is 88.4 Å². The molecule has 70 valence electrons. The predicted octanol–water partition coefficient (Wildman–Crippen LogP) is 2.16. The Hall–Kier alpha value is -1.49. The van der Waals surface area contributed by atoms with Crippen LogP contribution in [0.4, 0.5) is 0 Å².